The second kappa shape index (κ2) is 27.4. The summed E-state index contributed by atoms with van der Waals surface area (Å²) in [7, 11) is 0. The molecule has 0 aliphatic carbocycles. The van der Waals surface area contributed by atoms with Crippen molar-refractivity contribution in [3.05, 3.63) is 12.2 Å². The van der Waals surface area contributed by atoms with Crippen LogP contribution in [0.1, 0.15) is 142 Å². The predicted octanol–water partition coefficient (Wildman–Crippen LogP) is 8.08. The minimum atomic E-state index is -0.697. The van der Waals surface area contributed by atoms with Gasteiger partial charge >= 0.3 is 17.9 Å². The molecule has 0 aromatic heterocycles. The third-order valence-corrected chi connectivity index (χ3v) is 5.61. The topological polar surface area (TPSA) is 101 Å². The number of esters is 1. The van der Waals surface area contributed by atoms with E-state index in [1.807, 2.05) is 0 Å². The second-order valence-electron chi connectivity index (χ2n) is 9.21. The Hall–Kier alpha value is -1.85. The molecule has 6 heteroatoms. The molecule has 0 amide bonds. The Morgan fingerprint density at radius 2 is 0.912 bits per heavy atom. The standard InChI is InChI=1S/C16H28O4.C12H24O2/c1-14(2)16(19)20-13-11-9-7-5-3-4-6-8-10-12-15(17)18;1-2-3-4-5-6-7-8-9-10-11-12(13)14/h1,3-13H2,2H3,(H,17,18);2-11H2,1H3,(H,13,14). The Bertz CT molecular complexity index is 515. The lowest BCUT2D eigenvalue weighted by Crippen LogP contribution is -2.05. The molecule has 0 aliphatic heterocycles. The number of unbranched alkanes of at least 4 members (excludes halogenated alkanes) is 16. The Kier molecular flexibility index (Phi) is 27.7. The molecule has 0 bridgehead atoms. The minimum absolute atomic E-state index is 0.295. The molecule has 0 aromatic carbocycles. The van der Waals surface area contributed by atoms with Gasteiger partial charge in [0.2, 0.25) is 0 Å². The van der Waals surface area contributed by atoms with Gasteiger partial charge in [-0.25, -0.2) is 4.79 Å². The number of aliphatic carboxylic acids is 2. The van der Waals surface area contributed by atoms with E-state index in [2.05, 4.69) is 13.5 Å². The number of carboxylic acid groups (broad SMARTS) is 2. The van der Waals surface area contributed by atoms with Crippen LogP contribution in [0.25, 0.3) is 0 Å². The first-order valence-electron chi connectivity index (χ1n) is 13.6. The van der Waals surface area contributed by atoms with Crippen molar-refractivity contribution in [3.8, 4) is 0 Å². The highest BCUT2D eigenvalue weighted by Gasteiger charge is 2.02. The molecular weight excluding hydrogens is 432 g/mol. The summed E-state index contributed by atoms with van der Waals surface area (Å²) in [6, 6.07) is 0. The number of ether oxygens (including phenoxy) is 1. The zero-order chi connectivity index (χ0) is 25.9. The van der Waals surface area contributed by atoms with Crippen LogP contribution in [0.2, 0.25) is 0 Å². The number of hydrogen-bond donors (Lipinski definition) is 2. The maximum atomic E-state index is 11.1. The molecule has 0 aliphatic rings. The summed E-state index contributed by atoms with van der Waals surface area (Å²) in [6.45, 7) is 7.89. The van der Waals surface area contributed by atoms with Crippen LogP contribution in [0, 0.1) is 0 Å². The SMILES string of the molecule is C=C(C)C(=O)OCCCCCCCCCCCC(=O)O.CCCCCCCCCCCC(=O)O. The quantitative estimate of drug-likeness (QED) is 0.0863. The number of hydrogen-bond acceptors (Lipinski definition) is 4. The smallest absolute Gasteiger partial charge is 0.333 e. The zero-order valence-electron chi connectivity index (χ0n) is 22.1. The summed E-state index contributed by atoms with van der Waals surface area (Å²) in [5.74, 6) is -1.66. The van der Waals surface area contributed by atoms with Gasteiger partial charge in [0, 0.05) is 18.4 Å². The molecule has 0 spiro atoms. The Balaban J connectivity index is 0. The lowest BCUT2D eigenvalue weighted by molar-refractivity contribution is -0.139. The Labute approximate surface area is 208 Å². The molecule has 0 saturated carbocycles. The van der Waals surface area contributed by atoms with Crippen LogP contribution in [-0.2, 0) is 19.1 Å². The summed E-state index contributed by atoms with van der Waals surface area (Å²) in [5, 5.41) is 16.9. The molecule has 0 aromatic rings. The Morgan fingerprint density at radius 1 is 0.588 bits per heavy atom. The van der Waals surface area contributed by atoms with Crippen molar-refractivity contribution >= 4 is 17.9 Å². The van der Waals surface area contributed by atoms with E-state index in [0.29, 0.717) is 25.0 Å². The molecule has 6 nitrogen and oxygen atoms in total. The normalized spacial score (nSPS) is 10.3. The maximum absolute atomic E-state index is 11.1. The highest BCUT2D eigenvalue weighted by atomic mass is 16.5. The fourth-order valence-corrected chi connectivity index (χ4v) is 3.49. The third-order valence-electron chi connectivity index (χ3n) is 5.61. The summed E-state index contributed by atoms with van der Waals surface area (Å²) >= 11 is 0. The van der Waals surface area contributed by atoms with Gasteiger partial charge in [0.1, 0.15) is 0 Å². The van der Waals surface area contributed by atoms with Crippen LogP contribution in [0.5, 0.6) is 0 Å². The largest absolute Gasteiger partial charge is 0.481 e. The van der Waals surface area contributed by atoms with Crippen molar-refractivity contribution in [2.24, 2.45) is 0 Å². The van der Waals surface area contributed by atoms with Crippen molar-refractivity contribution in [1.29, 1.82) is 0 Å². The zero-order valence-corrected chi connectivity index (χ0v) is 22.1. The van der Waals surface area contributed by atoms with Gasteiger partial charge in [-0.3, -0.25) is 9.59 Å². The van der Waals surface area contributed by atoms with Crippen molar-refractivity contribution < 1.29 is 29.3 Å². The minimum Gasteiger partial charge on any atom is -0.481 e. The van der Waals surface area contributed by atoms with Gasteiger partial charge in [-0.2, -0.15) is 0 Å². The van der Waals surface area contributed by atoms with E-state index < -0.39 is 11.9 Å². The highest BCUT2D eigenvalue weighted by Crippen LogP contribution is 2.11. The average Bonchev–Trinajstić information content (AvgIpc) is 2.78. The summed E-state index contributed by atoms with van der Waals surface area (Å²) in [5.41, 5.74) is 0.452. The van der Waals surface area contributed by atoms with Crippen LogP contribution in [0.3, 0.4) is 0 Å². The molecule has 0 saturated heterocycles. The molecule has 200 valence electrons. The molecule has 34 heavy (non-hydrogen) atoms. The second-order valence-corrected chi connectivity index (χ2v) is 9.21. The first-order chi connectivity index (χ1) is 16.3. The summed E-state index contributed by atoms with van der Waals surface area (Å²) in [4.78, 5) is 31.6. The lowest BCUT2D eigenvalue weighted by Gasteiger charge is -2.04. The van der Waals surface area contributed by atoms with Crippen LogP contribution in [0.4, 0.5) is 0 Å². The van der Waals surface area contributed by atoms with Gasteiger partial charge in [0.15, 0.2) is 0 Å². The Morgan fingerprint density at radius 3 is 1.24 bits per heavy atom. The van der Waals surface area contributed by atoms with Gasteiger partial charge < -0.3 is 14.9 Å². The average molecular weight is 485 g/mol. The van der Waals surface area contributed by atoms with Crippen LogP contribution >= 0.6 is 0 Å². The van der Waals surface area contributed by atoms with E-state index >= 15 is 0 Å². The van der Waals surface area contributed by atoms with E-state index in [4.69, 9.17) is 14.9 Å². The van der Waals surface area contributed by atoms with Gasteiger partial charge in [-0.1, -0.05) is 110 Å². The van der Waals surface area contributed by atoms with E-state index in [-0.39, 0.29) is 5.97 Å². The van der Waals surface area contributed by atoms with Crippen LogP contribution in [0.15, 0.2) is 12.2 Å². The van der Waals surface area contributed by atoms with Crippen molar-refractivity contribution in [2.45, 2.75) is 142 Å². The molecule has 0 unspecified atom stereocenters. The number of rotatable bonds is 23. The highest BCUT2D eigenvalue weighted by molar-refractivity contribution is 5.86. The van der Waals surface area contributed by atoms with Gasteiger partial charge in [0.25, 0.3) is 0 Å². The van der Waals surface area contributed by atoms with Gasteiger partial charge in [-0.15, -0.1) is 0 Å². The van der Waals surface area contributed by atoms with E-state index in [1.165, 1.54) is 70.6 Å². The molecule has 0 radical (unpaired) electrons. The first-order valence-corrected chi connectivity index (χ1v) is 13.6. The fourth-order valence-electron chi connectivity index (χ4n) is 3.49. The van der Waals surface area contributed by atoms with E-state index in [0.717, 1.165) is 44.9 Å². The molecule has 0 heterocycles. The summed E-state index contributed by atoms with van der Waals surface area (Å²) < 4.78 is 5.01. The third kappa shape index (κ3) is 32.3. The summed E-state index contributed by atoms with van der Waals surface area (Å²) in [6.07, 6.45) is 21.5. The first kappa shape index (κ1) is 34.3. The lowest BCUT2D eigenvalue weighted by atomic mass is 10.1. The number of carboxylic acids is 2. The van der Waals surface area contributed by atoms with Crippen molar-refractivity contribution in [1.82, 2.24) is 0 Å². The number of carbonyl (C=O) groups excluding carboxylic acids is 1. The monoisotopic (exact) mass is 484 g/mol. The molecule has 0 fully saturated rings. The molecule has 2 N–H and O–H groups in total. The predicted molar refractivity (Wildman–Crippen MR) is 139 cm³/mol. The van der Waals surface area contributed by atoms with Crippen molar-refractivity contribution in [2.75, 3.05) is 6.61 Å². The van der Waals surface area contributed by atoms with Crippen molar-refractivity contribution in [3.63, 3.8) is 0 Å². The van der Waals surface area contributed by atoms with Crippen LogP contribution in [-0.4, -0.2) is 34.7 Å². The molecular formula is C28H52O6. The van der Waals surface area contributed by atoms with E-state index in [1.54, 1.807) is 6.92 Å². The van der Waals surface area contributed by atoms with Gasteiger partial charge in [0.05, 0.1) is 6.61 Å². The van der Waals surface area contributed by atoms with E-state index in [9.17, 15) is 14.4 Å². The van der Waals surface area contributed by atoms with Gasteiger partial charge in [-0.05, 0) is 26.2 Å². The fraction of sp³-hybridized carbons (Fsp3) is 0.821. The molecule has 0 rings (SSSR count). The molecule has 0 atom stereocenters. The maximum Gasteiger partial charge on any atom is 0.333 e. The number of carbonyl (C=O) groups is 3. The van der Waals surface area contributed by atoms with Crippen LogP contribution < -0.4 is 0 Å².